The van der Waals surface area contributed by atoms with Crippen molar-refractivity contribution in [3.63, 3.8) is 0 Å². The molecule has 0 aliphatic carbocycles. The molecule has 2 aliphatic heterocycles. The molecule has 1 aromatic heterocycles. The lowest BCUT2D eigenvalue weighted by molar-refractivity contribution is -0.120. The van der Waals surface area contributed by atoms with Crippen LogP contribution in [0.3, 0.4) is 0 Å². The second-order valence-corrected chi connectivity index (χ2v) is 7.61. The number of hydrogen-bond donors (Lipinski definition) is 1. The van der Waals surface area contributed by atoms with Crippen molar-refractivity contribution >= 4 is 17.5 Å². The maximum Gasteiger partial charge on any atom is 0.289 e. The summed E-state index contributed by atoms with van der Waals surface area (Å²) in [4.78, 5) is 28.9. The first-order chi connectivity index (χ1) is 14.1. The summed E-state index contributed by atoms with van der Waals surface area (Å²) in [6.07, 6.45) is 3.99. The van der Waals surface area contributed by atoms with Gasteiger partial charge < -0.3 is 24.3 Å². The Morgan fingerprint density at radius 3 is 2.66 bits per heavy atom. The smallest absolute Gasteiger partial charge is 0.289 e. The van der Waals surface area contributed by atoms with E-state index in [1.54, 1.807) is 17.0 Å². The molecule has 2 aliphatic rings. The number of anilines is 1. The summed E-state index contributed by atoms with van der Waals surface area (Å²) >= 11 is 0. The SMILES string of the molecule is CC[C@H]1CN(CC(=O)NC2CCN(C(=O)c3ccco3)CC2)c2ccccc2O1. The van der Waals surface area contributed by atoms with Crippen LogP contribution in [0.5, 0.6) is 5.75 Å². The topological polar surface area (TPSA) is 75.0 Å². The van der Waals surface area contributed by atoms with E-state index in [1.165, 1.54) is 6.26 Å². The Morgan fingerprint density at radius 1 is 1.14 bits per heavy atom. The van der Waals surface area contributed by atoms with Gasteiger partial charge in [0, 0.05) is 19.1 Å². The zero-order chi connectivity index (χ0) is 20.2. The molecule has 3 heterocycles. The van der Waals surface area contributed by atoms with Crippen LogP contribution in [0.15, 0.2) is 47.1 Å². The van der Waals surface area contributed by atoms with Crippen LogP contribution in [0.2, 0.25) is 0 Å². The highest BCUT2D eigenvalue weighted by Gasteiger charge is 2.28. The van der Waals surface area contributed by atoms with E-state index in [4.69, 9.17) is 9.15 Å². The molecule has 1 saturated heterocycles. The fraction of sp³-hybridized carbons (Fsp3) is 0.455. The van der Waals surface area contributed by atoms with Crippen molar-refractivity contribution in [2.75, 3.05) is 31.1 Å². The van der Waals surface area contributed by atoms with Gasteiger partial charge in [0.1, 0.15) is 11.9 Å². The number of nitrogens with zero attached hydrogens (tertiary/aromatic N) is 2. The van der Waals surface area contributed by atoms with Gasteiger partial charge >= 0.3 is 0 Å². The number of benzene rings is 1. The molecule has 1 N–H and O–H groups in total. The predicted molar refractivity (Wildman–Crippen MR) is 109 cm³/mol. The molecule has 2 amide bonds. The standard InChI is InChI=1S/C22H27N3O4/c1-2-17-14-25(18-6-3-4-7-19(18)29-17)15-21(26)23-16-9-11-24(12-10-16)22(27)20-8-5-13-28-20/h3-8,13,16-17H,2,9-12,14-15H2,1H3,(H,23,26)/t17-/m0/s1. The number of ether oxygens (including phenoxy) is 1. The van der Waals surface area contributed by atoms with Crippen molar-refractivity contribution in [1.82, 2.24) is 10.2 Å². The van der Waals surface area contributed by atoms with Crippen LogP contribution < -0.4 is 15.0 Å². The van der Waals surface area contributed by atoms with Crippen molar-refractivity contribution in [3.8, 4) is 5.75 Å². The van der Waals surface area contributed by atoms with Crippen molar-refractivity contribution in [3.05, 3.63) is 48.4 Å². The zero-order valence-electron chi connectivity index (χ0n) is 16.7. The number of amides is 2. The highest BCUT2D eigenvalue weighted by Crippen LogP contribution is 2.33. The van der Waals surface area contributed by atoms with Crippen LogP contribution in [0.4, 0.5) is 5.69 Å². The number of carbonyl (C=O) groups excluding carboxylic acids is 2. The lowest BCUT2D eigenvalue weighted by atomic mass is 10.0. The Morgan fingerprint density at radius 2 is 1.93 bits per heavy atom. The van der Waals surface area contributed by atoms with Gasteiger partial charge in [0.25, 0.3) is 5.91 Å². The minimum absolute atomic E-state index is 0.00682. The number of nitrogens with one attached hydrogen (secondary N) is 1. The molecule has 29 heavy (non-hydrogen) atoms. The molecule has 0 bridgehead atoms. The highest BCUT2D eigenvalue weighted by molar-refractivity contribution is 5.91. The number of carbonyl (C=O) groups is 2. The summed E-state index contributed by atoms with van der Waals surface area (Å²) in [5, 5.41) is 3.14. The Bertz CT molecular complexity index is 844. The lowest BCUT2D eigenvalue weighted by Gasteiger charge is -2.36. The van der Waals surface area contributed by atoms with Crippen molar-refractivity contribution in [1.29, 1.82) is 0 Å². The van der Waals surface area contributed by atoms with Crippen molar-refractivity contribution in [2.45, 2.75) is 38.3 Å². The third-order valence-corrected chi connectivity index (χ3v) is 5.59. The molecular weight excluding hydrogens is 370 g/mol. The number of piperidine rings is 1. The van der Waals surface area contributed by atoms with E-state index in [1.807, 2.05) is 24.3 Å². The van der Waals surface area contributed by atoms with Crippen LogP contribution in [-0.4, -0.2) is 55.0 Å². The number of fused-ring (bicyclic) bond motifs is 1. The Labute approximate surface area is 170 Å². The quantitative estimate of drug-likeness (QED) is 0.840. The van der Waals surface area contributed by atoms with Gasteiger partial charge in [-0.25, -0.2) is 0 Å². The Hall–Kier alpha value is -2.96. The molecule has 1 aromatic carbocycles. The van der Waals surface area contributed by atoms with E-state index in [-0.39, 0.29) is 24.0 Å². The summed E-state index contributed by atoms with van der Waals surface area (Å²) in [6, 6.07) is 11.3. The molecule has 0 unspecified atom stereocenters. The number of hydrogen-bond acceptors (Lipinski definition) is 5. The van der Waals surface area contributed by atoms with Gasteiger partial charge in [-0.1, -0.05) is 19.1 Å². The number of likely N-dealkylation sites (tertiary alicyclic amines) is 1. The van der Waals surface area contributed by atoms with E-state index in [2.05, 4.69) is 17.1 Å². The van der Waals surface area contributed by atoms with Gasteiger partial charge in [0.2, 0.25) is 5.91 Å². The summed E-state index contributed by atoms with van der Waals surface area (Å²) < 4.78 is 11.2. The van der Waals surface area contributed by atoms with Crippen LogP contribution in [0.25, 0.3) is 0 Å². The third-order valence-electron chi connectivity index (χ3n) is 5.59. The maximum atomic E-state index is 12.7. The first kappa shape index (κ1) is 19.4. The van der Waals surface area contributed by atoms with E-state index < -0.39 is 0 Å². The molecule has 0 spiro atoms. The zero-order valence-corrected chi connectivity index (χ0v) is 16.7. The minimum Gasteiger partial charge on any atom is -0.486 e. The molecule has 7 nitrogen and oxygen atoms in total. The van der Waals surface area contributed by atoms with E-state index in [0.717, 1.165) is 30.7 Å². The predicted octanol–water partition coefficient (Wildman–Crippen LogP) is 2.68. The van der Waals surface area contributed by atoms with Gasteiger partial charge in [0.15, 0.2) is 5.76 Å². The van der Waals surface area contributed by atoms with Crippen LogP contribution >= 0.6 is 0 Å². The second kappa shape index (κ2) is 8.59. The number of rotatable bonds is 5. The normalized spacial score (nSPS) is 19.4. The lowest BCUT2D eigenvalue weighted by Crippen LogP contribution is -2.50. The van der Waals surface area contributed by atoms with Crippen molar-refractivity contribution < 1.29 is 18.7 Å². The second-order valence-electron chi connectivity index (χ2n) is 7.61. The largest absolute Gasteiger partial charge is 0.486 e. The van der Waals surface area contributed by atoms with Gasteiger partial charge in [-0.3, -0.25) is 9.59 Å². The average Bonchev–Trinajstić information content (AvgIpc) is 3.28. The van der Waals surface area contributed by atoms with Gasteiger partial charge in [-0.05, 0) is 43.5 Å². The first-order valence-electron chi connectivity index (χ1n) is 10.3. The van der Waals surface area contributed by atoms with E-state index in [0.29, 0.717) is 31.9 Å². The minimum atomic E-state index is -0.0877. The fourth-order valence-corrected chi connectivity index (χ4v) is 3.97. The molecular formula is C22H27N3O4. The van der Waals surface area contributed by atoms with Crippen LogP contribution in [0.1, 0.15) is 36.7 Å². The monoisotopic (exact) mass is 397 g/mol. The molecule has 0 saturated carbocycles. The highest BCUT2D eigenvalue weighted by atomic mass is 16.5. The summed E-state index contributed by atoms with van der Waals surface area (Å²) in [7, 11) is 0. The fourth-order valence-electron chi connectivity index (χ4n) is 3.97. The summed E-state index contributed by atoms with van der Waals surface area (Å²) in [6.45, 7) is 4.33. The molecule has 4 rings (SSSR count). The van der Waals surface area contributed by atoms with E-state index in [9.17, 15) is 9.59 Å². The van der Waals surface area contributed by atoms with Gasteiger partial charge in [0.05, 0.1) is 25.0 Å². The summed E-state index contributed by atoms with van der Waals surface area (Å²) in [5.74, 6) is 1.12. The molecule has 7 heteroatoms. The van der Waals surface area contributed by atoms with E-state index >= 15 is 0 Å². The third kappa shape index (κ3) is 4.39. The molecule has 2 aromatic rings. The average molecular weight is 397 g/mol. The maximum absolute atomic E-state index is 12.7. The van der Waals surface area contributed by atoms with Gasteiger partial charge in [-0.2, -0.15) is 0 Å². The summed E-state index contributed by atoms with van der Waals surface area (Å²) in [5.41, 5.74) is 0.964. The first-order valence-corrected chi connectivity index (χ1v) is 10.3. The molecule has 154 valence electrons. The van der Waals surface area contributed by atoms with Crippen molar-refractivity contribution in [2.24, 2.45) is 0 Å². The number of para-hydroxylation sites is 2. The Kier molecular flexibility index (Phi) is 5.74. The van der Waals surface area contributed by atoms with Crippen LogP contribution in [-0.2, 0) is 4.79 Å². The van der Waals surface area contributed by atoms with Crippen LogP contribution in [0, 0.1) is 0 Å². The Balaban J connectivity index is 1.30. The molecule has 1 fully saturated rings. The molecule has 0 radical (unpaired) electrons. The molecule has 1 atom stereocenters. The van der Waals surface area contributed by atoms with Gasteiger partial charge in [-0.15, -0.1) is 0 Å². The number of furan rings is 1.